The molecule has 4 nitrogen and oxygen atoms in total. The van der Waals surface area contributed by atoms with Crippen molar-refractivity contribution in [3.63, 3.8) is 0 Å². The number of nitrogens with zero attached hydrogens (tertiary/aromatic N) is 3. The Morgan fingerprint density at radius 1 is 0.909 bits per heavy atom. The second-order valence-electron chi connectivity index (χ2n) is 8.51. The molecule has 168 valence electrons. The van der Waals surface area contributed by atoms with Crippen LogP contribution in [0.4, 0.5) is 5.69 Å². The molecule has 2 aliphatic heterocycles. The first-order chi connectivity index (χ1) is 16.2. The smallest absolute Gasteiger partial charge is 0.136 e. The number of amidine groups is 1. The van der Waals surface area contributed by atoms with Gasteiger partial charge in [-0.25, -0.2) is 4.99 Å². The van der Waals surface area contributed by atoms with E-state index in [0.717, 1.165) is 60.9 Å². The van der Waals surface area contributed by atoms with Crippen LogP contribution < -0.4 is 4.74 Å². The second-order valence-corrected chi connectivity index (χ2v) is 9.42. The van der Waals surface area contributed by atoms with Crippen molar-refractivity contribution in [2.75, 3.05) is 33.3 Å². The number of rotatable bonds is 4. The number of benzene rings is 3. The molecule has 2 aliphatic rings. The minimum Gasteiger partial charge on any atom is -0.497 e. The van der Waals surface area contributed by atoms with Crippen molar-refractivity contribution in [3.05, 3.63) is 100 Å². The number of hydrogen-bond donors (Lipinski definition) is 0. The van der Waals surface area contributed by atoms with Crippen LogP contribution in [0.15, 0.2) is 88.3 Å². The van der Waals surface area contributed by atoms with Gasteiger partial charge in [-0.05, 0) is 53.4 Å². The molecule has 0 amide bonds. The molecule has 0 bridgehead atoms. The Bertz CT molecular complexity index is 1160. The molecule has 0 unspecified atom stereocenters. The van der Waals surface area contributed by atoms with Gasteiger partial charge in [-0.15, -0.1) is 0 Å². The zero-order valence-corrected chi connectivity index (χ0v) is 20.5. The van der Waals surface area contributed by atoms with Gasteiger partial charge in [0.05, 0.1) is 12.8 Å². The second kappa shape index (κ2) is 9.94. The molecule has 1 fully saturated rings. The van der Waals surface area contributed by atoms with Crippen LogP contribution in [-0.4, -0.2) is 48.9 Å². The predicted molar refractivity (Wildman–Crippen MR) is 139 cm³/mol. The van der Waals surface area contributed by atoms with E-state index in [9.17, 15) is 0 Å². The Kier molecular flexibility index (Phi) is 6.60. The van der Waals surface area contributed by atoms with Crippen LogP contribution in [0, 0.1) is 0 Å². The molecule has 0 spiro atoms. The van der Waals surface area contributed by atoms with Crippen molar-refractivity contribution < 1.29 is 4.74 Å². The molecular weight excluding hydrogens is 474 g/mol. The van der Waals surface area contributed by atoms with E-state index in [4.69, 9.17) is 9.73 Å². The lowest BCUT2D eigenvalue weighted by molar-refractivity contribution is 0.176. The number of fused-ring (bicyclic) bond motifs is 1. The van der Waals surface area contributed by atoms with Gasteiger partial charge in [-0.2, -0.15) is 0 Å². The minimum atomic E-state index is 0.878. The zero-order valence-electron chi connectivity index (χ0n) is 18.9. The van der Waals surface area contributed by atoms with Crippen molar-refractivity contribution >= 4 is 33.0 Å². The van der Waals surface area contributed by atoms with E-state index in [1.165, 1.54) is 22.3 Å². The van der Waals surface area contributed by atoms with Crippen molar-refractivity contribution in [3.8, 4) is 5.75 Å². The number of piperazine rings is 1. The maximum Gasteiger partial charge on any atom is 0.136 e. The molecule has 0 N–H and O–H groups in total. The Balaban J connectivity index is 1.37. The molecule has 0 atom stereocenters. The summed E-state index contributed by atoms with van der Waals surface area (Å²) in [5, 5.41) is 0. The number of allylic oxidation sites excluding steroid dienone is 1. The number of halogens is 1. The molecule has 5 heteroatoms. The SMILES string of the molecule is COc1ccc(CN2CCN(C3=Nc4ccc(Br)cc4CC=C3c3ccccc3)CC2)cc1. The van der Waals surface area contributed by atoms with E-state index in [0.29, 0.717) is 0 Å². The van der Waals surface area contributed by atoms with Gasteiger partial charge in [-0.1, -0.05) is 64.5 Å². The fraction of sp³-hybridized carbons (Fsp3) is 0.250. The fourth-order valence-corrected chi connectivity index (χ4v) is 4.93. The monoisotopic (exact) mass is 501 g/mol. The van der Waals surface area contributed by atoms with Gasteiger partial charge in [0.2, 0.25) is 0 Å². The van der Waals surface area contributed by atoms with Gasteiger partial charge in [0.1, 0.15) is 11.6 Å². The van der Waals surface area contributed by atoms with E-state index in [1.54, 1.807) is 7.11 Å². The number of aliphatic imine (C=N–C) groups is 1. The normalized spacial score (nSPS) is 16.5. The molecule has 1 saturated heterocycles. The summed E-state index contributed by atoms with van der Waals surface area (Å²) in [5.41, 5.74) is 6.10. The first kappa shape index (κ1) is 21.9. The minimum absolute atomic E-state index is 0.878. The van der Waals surface area contributed by atoms with Crippen LogP contribution in [0.25, 0.3) is 5.57 Å². The number of ether oxygens (including phenoxy) is 1. The van der Waals surface area contributed by atoms with Crippen LogP contribution in [0.2, 0.25) is 0 Å². The van der Waals surface area contributed by atoms with Gasteiger partial charge in [0, 0.05) is 42.8 Å². The van der Waals surface area contributed by atoms with Gasteiger partial charge in [0.25, 0.3) is 0 Å². The lowest BCUT2D eigenvalue weighted by Gasteiger charge is -2.37. The highest BCUT2D eigenvalue weighted by Crippen LogP contribution is 2.32. The lowest BCUT2D eigenvalue weighted by atomic mass is 10.0. The summed E-state index contributed by atoms with van der Waals surface area (Å²) in [6.07, 6.45) is 3.22. The maximum atomic E-state index is 5.29. The third kappa shape index (κ3) is 5.05. The quantitative estimate of drug-likeness (QED) is 0.442. The van der Waals surface area contributed by atoms with Crippen LogP contribution >= 0.6 is 15.9 Å². The Morgan fingerprint density at radius 2 is 1.67 bits per heavy atom. The molecule has 0 aromatic heterocycles. The van der Waals surface area contributed by atoms with Crippen molar-refractivity contribution in [1.29, 1.82) is 0 Å². The van der Waals surface area contributed by atoms with E-state index < -0.39 is 0 Å². The van der Waals surface area contributed by atoms with E-state index in [2.05, 4.69) is 92.5 Å². The highest BCUT2D eigenvalue weighted by atomic mass is 79.9. The zero-order chi connectivity index (χ0) is 22.6. The predicted octanol–water partition coefficient (Wildman–Crippen LogP) is 5.95. The molecule has 2 heterocycles. The molecular formula is C28H28BrN3O. The summed E-state index contributed by atoms with van der Waals surface area (Å²) >= 11 is 3.62. The summed E-state index contributed by atoms with van der Waals surface area (Å²) in [6, 6.07) is 25.5. The molecule has 0 aliphatic carbocycles. The fourth-order valence-electron chi connectivity index (χ4n) is 4.52. The third-order valence-electron chi connectivity index (χ3n) is 6.36. The number of methoxy groups -OCH3 is 1. The maximum absolute atomic E-state index is 5.29. The summed E-state index contributed by atoms with van der Waals surface area (Å²) in [7, 11) is 1.71. The van der Waals surface area contributed by atoms with Crippen molar-refractivity contribution in [1.82, 2.24) is 9.80 Å². The highest BCUT2D eigenvalue weighted by molar-refractivity contribution is 9.10. The van der Waals surface area contributed by atoms with E-state index in [-0.39, 0.29) is 0 Å². The molecule has 5 rings (SSSR count). The van der Waals surface area contributed by atoms with Gasteiger partial charge in [0.15, 0.2) is 0 Å². The van der Waals surface area contributed by atoms with Gasteiger partial charge >= 0.3 is 0 Å². The lowest BCUT2D eigenvalue weighted by Crippen LogP contribution is -2.48. The average Bonchev–Trinajstić information content (AvgIpc) is 3.05. The third-order valence-corrected chi connectivity index (χ3v) is 6.85. The summed E-state index contributed by atoms with van der Waals surface area (Å²) < 4.78 is 6.39. The van der Waals surface area contributed by atoms with Crippen LogP contribution in [0.5, 0.6) is 5.75 Å². The largest absolute Gasteiger partial charge is 0.497 e. The van der Waals surface area contributed by atoms with Crippen LogP contribution in [0.3, 0.4) is 0 Å². The van der Waals surface area contributed by atoms with E-state index >= 15 is 0 Å². The molecule has 3 aromatic carbocycles. The summed E-state index contributed by atoms with van der Waals surface area (Å²) in [4.78, 5) is 10.2. The Hall–Kier alpha value is -2.89. The summed E-state index contributed by atoms with van der Waals surface area (Å²) in [6.45, 7) is 4.92. The van der Waals surface area contributed by atoms with Crippen LogP contribution in [-0.2, 0) is 13.0 Å². The van der Waals surface area contributed by atoms with Gasteiger partial charge < -0.3 is 9.64 Å². The number of hydrogen-bond acceptors (Lipinski definition) is 4. The topological polar surface area (TPSA) is 28.1 Å². The molecule has 0 saturated carbocycles. The summed E-state index contributed by atoms with van der Waals surface area (Å²) in [5.74, 6) is 1.99. The molecule has 0 radical (unpaired) electrons. The van der Waals surface area contributed by atoms with Crippen molar-refractivity contribution in [2.24, 2.45) is 4.99 Å². The van der Waals surface area contributed by atoms with Crippen molar-refractivity contribution in [2.45, 2.75) is 13.0 Å². The standard InChI is InChI=1S/C28H28BrN3O/c1-33-25-11-7-21(8-12-25)20-31-15-17-32(18-16-31)28-26(22-5-3-2-4-6-22)13-9-23-19-24(29)10-14-27(23)30-28/h2-8,10-14,19H,9,15-18,20H2,1H3. The Morgan fingerprint density at radius 3 is 2.39 bits per heavy atom. The highest BCUT2D eigenvalue weighted by Gasteiger charge is 2.25. The average molecular weight is 502 g/mol. The first-order valence-electron chi connectivity index (χ1n) is 11.4. The van der Waals surface area contributed by atoms with Gasteiger partial charge in [-0.3, -0.25) is 4.90 Å². The van der Waals surface area contributed by atoms with Crippen LogP contribution in [0.1, 0.15) is 16.7 Å². The molecule has 33 heavy (non-hydrogen) atoms. The first-order valence-corrected chi connectivity index (χ1v) is 12.2. The molecule has 3 aromatic rings. The van der Waals surface area contributed by atoms with E-state index in [1.807, 2.05) is 12.1 Å². The Labute approximate surface area is 204 Å².